The summed E-state index contributed by atoms with van der Waals surface area (Å²) in [5, 5.41) is 21.2. The first-order chi connectivity index (χ1) is 9.13. The van der Waals surface area contributed by atoms with Gasteiger partial charge in [-0.05, 0) is 18.9 Å². The van der Waals surface area contributed by atoms with Crippen LogP contribution < -0.4 is 4.90 Å². The van der Waals surface area contributed by atoms with E-state index in [0.29, 0.717) is 6.54 Å². The number of hydrogen-bond donors (Lipinski definition) is 1. The number of nitro benzene ring substituents is 1. The molecule has 3 rings (SSSR count). The first-order valence-corrected chi connectivity index (χ1v) is 6.93. The summed E-state index contributed by atoms with van der Waals surface area (Å²) in [7, 11) is 0. The Morgan fingerprint density at radius 2 is 2.37 bits per heavy atom. The minimum absolute atomic E-state index is 0.0846. The van der Waals surface area contributed by atoms with Crippen LogP contribution in [0.2, 0.25) is 0 Å². The molecule has 1 aliphatic rings. The highest BCUT2D eigenvalue weighted by Gasteiger charge is 2.21. The maximum absolute atomic E-state index is 10.7. The lowest BCUT2D eigenvalue weighted by Crippen LogP contribution is -2.38. The molecule has 1 aliphatic heterocycles. The zero-order valence-electron chi connectivity index (χ0n) is 10.2. The summed E-state index contributed by atoms with van der Waals surface area (Å²) in [5.41, 5.74) is 0.854. The molecular formula is C12H13N3O3S. The number of hydrogen-bond acceptors (Lipinski definition) is 6. The van der Waals surface area contributed by atoms with E-state index in [-0.39, 0.29) is 11.8 Å². The van der Waals surface area contributed by atoms with Crippen molar-refractivity contribution in [3.8, 4) is 0 Å². The number of nitro groups is 1. The normalized spacial score (nSPS) is 19.8. The fourth-order valence-corrected chi connectivity index (χ4v) is 3.31. The van der Waals surface area contributed by atoms with Gasteiger partial charge in [0.15, 0.2) is 5.13 Å². The third-order valence-corrected chi connectivity index (χ3v) is 4.32. The van der Waals surface area contributed by atoms with Crippen LogP contribution in [0.25, 0.3) is 10.2 Å². The highest BCUT2D eigenvalue weighted by molar-refractivity contribution is 7.22. The lowest BCUT2D eigenvalue weighted by atomic mass is 10.1. The van der Waals surface area contributed by atoms with E-state index in [4.69, 9.17) is 0 Å². The average molecular weight is 279 g/mol. The Labute approximate surface area is 113 Å². The van der Waals surface area contributed by atoms with Gasteiger partial charge in [-0.25, -0.2) is 4.98 Å². The predicted molar refractivity (Wildman–Crippen MR) is 73.7 cm³/mol. The number of fused-ring (bicyclic) bond motifs is 1. The summed E-state index contributed by atoms with van der Waals surface area (Å²) >= 11 is 1.44. The lowest BCUT2D eigenvalue weighted by molar-refractivity contribution is -0.384. The van der Waals surface area contributed by atoms with E-state index in [9.17, 15) is 15.2 Å². The number of non-ortho nitro benzene ring substituents is 1. The molecule has 0 radical (unpaired) electrons. The van der Waals surface area contributed by atoms with Gasteiger partial charge in [-0.2, -0.15) is 0 Å². The van der Waals surface area contributed by atoms with Gasteiger partial charge in [-0.15, -0.1) is 0 Å². The molecule has 100 valence electrons. The van der Waals surface area contributed by atoms with Crippen LogP contribution in [-0.2, 0) is 0 Å². The SMILES string of the molecule is O=[N+]([O-])c1ccc2nc(N3CCCC(O)C3)sc2c1. The van der Waals surface area contributed by atoms with Gasteiger partial charge < -0.3 is 10.0 Å². The Morgan fingerprint density at radius 3 is 3.11 bits per heavy atom. The van der Waals surface area contributed by atoms with Crippen molar-refractivity contribution in [2.75, 3.05) is 18.0 Å². The number of aromatic nitrogens is 1. The summed E-state index contributed by atoms with van der Waals surface area (Å²) in [6, 6.07) is 4.70. The van der Waals surface area contributed by atoms with Gasteiger partial charge >= 0.3 is 0 Å². The molecule has 6 nitrogen and oxygen atoms in total. The Balaban J connectivity index is 1.94. The van der Waals surface area contributed by atoms with Crippen molar-refractivity contribution in [1.82, 2.24) is 4.98 Å². The number of piperidine rings is 1. The Kier molecular flexibility index (Phi) is 3.08. The molecule has 1 N–H and O–H groups in total. The Bertz CT molecular complexity index is 628. The van der Waals surface area contributed by atoms with Crippen LogP contribution in [0.4, 0.5) is 10.8 Å². The molecule has 1 fully saturated rings. The molecule has 2 aromatic rings. The molecule has 1 aromatic heterocycles. The van der Waals surface area contributed by atoms with Crippen molar-refractivity contribution in [3.63, 3.8) is 0 Å². The zero-order chi connectivity index (χ0) is 13.4. The van der Waals surface area contributed by atoms with Gasteiger partial charge in [0, 0.05) is 25.2 Å². The summed E-state index contributed by atoms with van der Waals surface area (Å²) < 4.78 is 0.810. The van der Waals surface area contributed by atoms with Gasteiger partial charge in [0.05, 0.1) is 21.2 Å². The molecule has 1 saturated heterocycles. The highest BCUT2D eigenvalue weighted by Crippen LogP contribution is 2.32. The van der Waals surface area contributed by atoms with E-state index in [0.717, 1.165) is 34.7 Å². The van der Waals surface area contributed by atoms with E-state index in [1.165, 1.54) is 17.4 Å². The van der Waals surface area contributed by atoms with Crippen molar-refractivity contribution in [2.24, 2.45) is 0 Å². The van der Waals surface area contributed by atoms with Crippen LogP contribution in [0.5, 0.6) is 0 Å². The molecule has 1 aromatic carbocycles. The topological polar surface area (TPSA) is 79.5 Å². The molecular weight excluding hydrogens is 266 g/mol. The fourth-order valence-electron chi connectivity index (χ4n) is 2.28. The maximum atomic E-state index is 10.7. The quantitative estimate of drug-likeness (QED) is 0.673. The smallest absolute Gasteiger partial charge is 0.270 e. The summed E-state index contributed by atoms with van der Waals surface area (Å²) in [4.78, 5) is 16.9. The minimum Gasteiger partial charge on any atom is -0.391 e. The lowest BCUT2D eigenvalue weighted by Gasteiger charge is -2.29. The van der Waals surface area contributed by atoms with Gasteiger partial charge in [0.25, 0.3) is 5.69 Å². The van der Waals surface area contributed by atoms with Crippen molar-refractivity contribution in [3.05, 3.63) is 28.3 Å². The highest BCUT2D eigenvalue weighted by atomic mass is 32.1. The van der Waals surface area contributed by atoms with Crippen LogP contribution >= 0.6 is 11.3 Å². The van der Waals surface area contributed by atoms with Gasteiger partial charge in [-0.3, -0.25) is 10.1 Å². The molecule has 0 bridgehead atoms. The molecule has 1 unspecified atom stereocenters. The number of benzene rings is 1. The van der Waals surface area contributed by atoms with Crippen LogP contribution in [0, 0.1) is 10.1 Å². The molecule has 7 heteroatoms. The number of rotatable bonds is 2. The van der Waals surface area contributed by atoms with E-state index in [1.807, 2.05) is 4.90 Å². The third-order valence-electron chi connectivity index (χ3n) is 3.24. The second-order valence-corrected chi connectivity index (χ2v) is 5.66. The molecule has 1 atom stereocenters. The zero-order valence-corrected chi connectivity index (χ0v) is 11.0. The Morgan fingerprint density at radius 1 is 1.53 bits per heavy atom. The first kappa shape index (κ1) is 12.3. The van der Waals surface area contributed by atoms with Crippen LogP contribution in [0.1, 0.15) is 12.8 Å². The van der Waals surface area contributed by atoms with E-state index in [2.05, 4.69) is 4.98 Å². The van der Waals surface area contributed by atoms with Crippen molar-refractivity contribution < 1.29 is 10.0 Å². The molecule has 0 amide bonds. The summed E-state index contributed by atoms with van der Waals surface area (Å²) in [6.45, 7) is 1.46. The molecule has 19 heavy (non-hydrogen) atoms. The van der Waals surface area contributed by atoms with Gasteiger partial charge in [0.1, 0.15) is 0 Å². The minimum atomic E-state index is -0.399. The molecule has 0 aliphatic carbocycles. The third kappa shape index (κ3) is 2.39. The Hall–Kier alpha value is -1.73. The summed E-state index contributed by atoms with van der Waals surface area (Å²) in [6.07, 6.45) is 1.46. The van der Waals surface area contributed by atoms with Gasteiger partial charge in [-0.1, -0.05) is 11.3 Å². The number of aliphatic hydroxyl groups is 1. The van der Waals surface area contributed by atoms with Crippen LogP contribution in [-0.4, -0.2) is 34.2 Å². The van der Waals surface area contributed by atoms with Crippen molar-refractivity contribution >= 4 is 32.4 Å². The second-order valence-electron chi connectivity index (χ2n) is 4.65. The largest absolute Gasteiger partial charge is 0.391 e. The van der Waals surface area contributed by atoms with E-state index in [1.54, 1.807) is 12.1 Å². The van der Waals surface area contributed by atoms with Crippen LogP contribution in [0.15, 0.2) is 18.2 Å². The number of β-amino-alcohol motifs (C(OH)–C–C–N with tert-alkyl or cyclic N) is 1. The summed E-state index contributed by atoms with van der Waals surface area (Å²) in [5.74, 6) is 0. The number of nitrogens with zero attached hydrogens (tertiary/aromatic N) is 3. The number of thiazole rings is 1. The molecule has 0 spiro atoms. The standard InChI is InChI=1S/C12H13N3O3S/c16-9-2-1-5-14(7-9)12-13-10-4-3-8(15(17)18)6-11(10)19-12/h3-4,6,9,16H,1-2,5,7H2. The van der Waals surface area contributed by atoms with Gasteiger partial charge in [0.2, 0.25) is 0 Å². The molecule has 2 heterocycles. The van der Waals surface area contributed by atoms with E-state index >= 15 is 0 Å². The van der Waals surface area contributed by atoms with E-state index < -0.39 is 4.92 Å². The fraction of sp³-hybridized carbons (Fsp3) is 0.417. The van der Waals surface area contributed by atoms with Crippen molar-refractivity contribution in [2.45, 2.75) is 18.9 Å². The predicted octanol–water partition coefficient (Wildman–Crippen LogP) is 2.17. The van der Waals surface area contributed by atoms with Crippen molar-refractivity contribution in [1.29, 1.82) is 0 Å². The number of anilines is 1. The maximum Gasteiger partial charge on any atom is 0.270 e. The monoisotopic (exact) mass is 279 g/mol. The second kappa shape index (κ2) is 4.75. The van der Waals surface area contributed by atoms with Crippen LogP contribution in [0.3, 0.4) is 0 Å². The first-order valence-electron chi connectivity index (χ1n) is 6.11. The number of aliphatic hydroxyl groups excluding tert-OH is 1. The average Bonchev–Trinajstić information content (AvgIpc) is 2.81. The molecule has 0 saturated carbocycles.